The predicted molar refractivity (Wildman–Crippen MR) is 112 cm³/mol. The number of ether oxygens (including phenoxy) is 1. The number of carbonyl (C=O) groups excluding carboxylic acids is 1. The fourth-order valence-corrected chi connectivity index (χ4v) is 3.87. The number of unbranched alkanes of at least 4 members (excludes halogenated alkanes) is 7. The van der Waals surface area contributed by atoms with Crippen molar-refractivity contribution in [2.24, 2.45) is 0 Å². The number of amides is 1. The van der Waals surface area contributed by atoms with Gasteiger partial charge in [0.1, 0.15) is 5.75 Å². The Hall–Kier alpha value is -1.76. The predicted octanol–water partition coefficient (Wildman–Crippen LogP) is 6.33. The van der Waals surface area contributed by atoms with Gasteiger partial charge in [-0.05, 0) is 38.0 Å². The van der Waals surface area contributed by atoms with Gasteiger partial charge in [-0.3, -0.25) is 10.2 Å². The zero-order valence-corrected chi connectivity index (χ0v) is 18.4. The molecule has 1 saturated heterocycles. The van der Waals surface area contributed by atoms with E-state index in [9.17, 15) is 18.0 Å². The molecular formula is C23H35F3N2O2. The zero-order chi connectivity index (χ0) is 22.2. The first-order chi connectivity index (χ1) is 14.1. The van der Waals surface area contributed by atoms with E-state index in [-0.39, 0.29) is 12.0 Å². The lowest BCUT2D eigenvalue weighted by Crippen LogP contribution is -2.51. The molecule has 1 atom stereocenters. The quantitative estimate of drug-likeness (QED) is 0.396. The van der Waals surface area contributed by atoms with Gasteiger partial charge < -0.3 is 4.74 Å². The molecule has 1 unspecified atom stereocenters. The Morgan fingerprint density at radius 3 is 2.10 bits per heavy atom. The number of hydrogen-bond acceptors (Lipinski definition) is 3. The second-order valence-electron chi connectivity index (χ2n) is 8.73. The number of hydrogen-bond donors (Lipinski definition) is 1. The summed E-state index contributed by atoms with van der Waals surface area (Å²) in [4.78, 5) is 11.7. The van der Waals surface area contributed by atoms with Gasteiger partial charge in [0.15, 0.2) is 6.04 Å². The molecule has 0 saturated carbocycles. The van der Waals surface area contributed by atoms with Crippen LogP contribution in [0, 0.1) is 0 Å². The summed E-state index contributed by atoms with van der Waals surface area (Å²) >= 11 is 0. The van der Waals surface area contributed by atoms with E-state index in [2.05, 4.69) is 12.3 Å². The first-order valence-corrected chi connectivity index (χ1v) is 11.0. The van der Waals surface area contributed by atoms with Crippen LogP contribution >= 0.6 is 0 Å². The van der Waals surface area contributed by atoms with Crippen LogP contribution in [0.5, 0.6) is 5.75 Å². The number of hydrazine groups is 1. The summed E-state index contributed by atoms with van der Waals surface area (Å²) < 4.78 is 47.2. The van der Waals surface area contributed by atoms with Gasteiger partial charge >= 0.3 is 6.18 Å². The van der Waals surface area contributed by atoms with E-state index in [1.54, 1.807) is 26.0 Å². The lowest BCUT2D eigenvalue weighted by molar-refractivity contribution is -0.203. The molecule has 1 aromatic rings. The van der Waals surface area contributed by atoms with Crippen LogP contribution in [0.2, 0.25) is 0 Å². The summed E-state index contributed by atoms with van der Waals surface area (Å²) in [5.74, 6) is 0.159. The second-order valence-corrected chi connectivity index (χ2v) is 8.73. The molecule has 7 heteroatoms. The van der Waals surface area contributed by atoms with Crippen molar-refractivity contribution in [3.8, 4) is 5.75 Å². The van der Waals surface area contributed by atoms with Crippen molar-refractivity contribution in [2.75, 3.05) is 6.61 Å². The third-order valence-electron chi connectivity index (χ3n) is 5.52. The number of carbonyl (C=O) groups is 1. The molecule has 2 rings (SSSR count). The van der Waals surface area contributed by atoms with Crippen molar-refractivity contribution < 1.29 is 22.7 Å². The largest absolute Gasteiger partial charge is 0.494 e. The molecule has 1 aliphatic heterocycles. The van der Waals surface area contributed by atoms with E-state index in [1.807, 2.05) is 0 Å². The Bertz CT molecular complexity index is 659. The number of nitrogens with one attached hydrogen (secondary N) is 1. The first-order valence-electron chi connectivity index (χ1n) is 11.0. The normalized spacial score (nSPS) is 17.7. The van der Waals surface area contributed by atoms with Gasteiger partial charge in [-0.2, -0.15) is 18.2 Å². The van der Waals surface area contributed by atoms with Crippen molar-refractivity contribution in [1.82, 2.24) is 10.4 Å². The highest BCUT2D eigenvalue weighted by atomic mass is 19.4. The van der Waals surface area contributed by atoms with Crippen molar-refractivity contribution in [1.29, 1.82) is 0 Å². The van der Waals surface area contributed by atoms with E-state index < -0.39 is 23.7 Å². The Labute approximate surface area is 178 Å². The molecule has 1 aromatic carbocycles. The van der Waals surface area contributed by atoms with E-state index in [0.717, 1.165) is 17.9 Å². The Morgan fingerprint density at radius 2 is 1.60 bits per heavy atom. The van der Waals surface area contributed by atoms with Gasteiger partial charge in [0.2, 0.25) is 5.91 Å². The smallest absolute Gasteiger partial charge is 0.409 e. The van der Waals surface area contributed by atoms with Gasteiger partial charge in [0.25, 0.3) is 0 Å². The zero-order valence-electron chi connectivity index (χ0n) is 18.4. The van der Waals surface area contributed by atoms with Crippen LogP contribution < -0.4 is 10.2 Å². The van der Waals surface area contributed by atoms with Crippen molar-refractivity contribution in [2.45, 2.75) is 96.3 Å². The van der Waals surface area contributed by atoms with E-state index in [1.165, 1.54) is 50.7 Å². The van der Waals surface area contributed by atoms with E-state index >= 15 is 0 Å². The van der Waals surface area contributed by atoms with Crippen molar-refractivity contribution in [3.05, 3.63) is 29.8 Å². The minimum Gasteiger partial charge on any atom is -0.494 e. The SMILES string of the molecule is CCCCCCCCCCOc1ccc(C(N2NC(=O)CC2(C)C)C(F)(F)F)cc1. The Balaban J connectivity index is 1.86. The minimum absolute atomic E-state index is 0.0272. The van der Waals surface area contributed by atoms with Crippen LogP contribution in [0.3, 0.4) is 0 Å². The first kappa shape index (κ1) is 24.5. The lowest BCUT2D eigenvalue weighted by atomic mass is 9.97. The molecule has 1 aliphatic rings. The van der Waals surface area contributed by atoms with Crippen molar-refractivity contribution in [3.63, 3.8) is 0 Å². The highest BCUT2D eigenvalue weighted by Gasteiger charge is 2.52. The molecule has 1 N–H and O–H groups in total. The van der Waals surface area contributed by atoms with Crippen LogP contribution in [0.25, 0.3) is 0 Å². The summed E-state index contributed by atoms with van der Waals surface area (Å²) in [7, 11) is 0. The van der Waals surface area contributed by atoms with Crippen molar-refractivity contribution >= 4 is 5.91 Å². The van der Waals surface area contributed by atoms with Gasteiger partial charge in [0, 0.05) is 12.0 Å². The molecule has 4 nitrogen and oxygen atoms in total. The highest BCUT2D eigenvalue weighted by molar-refractivity contribution is 5.79. The average molecular weight is 429 g/mol. The summed E-state index contributed by atoms with van der Waals surface area (Å²) in [6.07, 6.45) is 5.12. The van der Waals surface area contributed by atoms with Crippen LogP contribution in [-0.4, -0.2) is 29.2 Å². The maximum atomic E-state index is 13.8. The molecule has 30 heavy (non-hydrogen) atoms. The molecule has 1 amide bonds. The molecule has 0 aromatic heterocycles. The van der Waals surface area contributed by atoms with Gasteiger partial charge in [-0.25, -0.2) is 0 Å². The molecule has 170 valence electrons. The fourth-order valence-electron chi connectivity index (χ4n) is 3.87. The number of halogens is 3. The van der Waals surface area contributed by atoms with Gasteiger partial charge in [0.05, 0.1) is 6.61 Å². The average Bonchev–Trinajstić information content (AvgIpc) is 2.92. The molecule has 0 radical (unpaired) electrons. The minimum atomic E-state index is -4.52. The number of rotatable bonds is 12. The number of nitrogens with zero attached hydrogens (tertiary/aromatic N) is 1. The molecule has 1 fully saturated rings. The highest BCUT2D eigenvalue weighted by Crippen LogP contribution is 2.42. The third kappa shape index (κ3) is 7.18. The fraction of sp³-hybridized carbons (Fsp3) is 0.696. The standard InChI is InChI=1S/C23H35F3N2O2/c1-4-5-6-7-8-9-10-11-16-30-19-14-12-18(13-15-19)21(23(24,25)26)28-22(2,3)17-20(29)27-28/h12-15,21H,4-11,16-17H2,1-3H3,(H,27,29). The van der Waals surface area contributed by atoms with E-state index in [0.29, 0.717) is 12.4 Å². The second kappa shape index (κ2) is 11.0. The maximum Gasteiger partial charge on any atom is 0.409 e. The van der Waals surface area contributed by atoms with Crippen LogP contribution in [0.4, 0.5) is 13.2 Å². The van der Waals surface area contributed by atoms with Gasteiger partial charge in [-0.1, -0.05) is 64.0 Å². The lowest BCUT2D eigenvalue weighted by Gasteiger charge is -2.37. The van der Waals surface area contributed by atoms with Crippen LogP contribution in [0.1, 0.15) is 90.2 Å². The molecular weight excluding hydrogens is 393 g/mol. The third-order valence-corrected chi connectivity index (χ3v) is 5.52. The van der Waals surface area contributed by atoms with E-state index in [4.69, 9.17) is 4.74 Å². The Kier molecular flexibility index (Phi) is 9.01. The molecule has 0 spiro atoms. The number of alkyl halides is 3. The maximum absolute atomic E-state index is 13.8. The molecule has 0 aliphatic carbocycles. The summed E-state index contributed by atoms with van der Waals surface area (Å²) in [5, 5.41) is 1.02. The summed E-state index contributed by atoms with van der Waals surface area (Å²) in [6, 6.07) is 4.11. The van der Waals surface area contributed by atoms with Crippen LogP contribution in [0.15, 0.2) is 24.3 Å². The molecule has 0 bridgehead atoms. The summed E-state index contributed by atoms with van der Waals surface area (Å²) in [6.45, 7) is 6.03. The monoisotopic (exact) mass is 428 g/mol. The number of benzene rings is 1. The topological polar surface area (TPSA) is 41.6 Å². The van der Waals surface area contributed by atoms with Crippen LogP contribution in [-0.2, 0) is 4.79 Å². The summed E-state index contributed by atoms with van der Waals surface area (Å²) in [5.41, 5.74) is 1.53. The molecule has 1 heterocycles. The van der Waals surface area contributed by atoms with Gasteiger partial charge in [-0.15, -0.1) is 0 Å². The Morgan fingerprint density at radius 1 is 1.03 bits per heavy atom.